The number of rotatable bonds is 3. The molecule has 0 atom stereocenters. The summed E-state index contributed by atoms with van der Waals surface area (Å²) in [7, 11) is 1.67. The van der Waals surface area contributed by atoms with Crippen molar-refractivity contribution in [1.29, 1.82) is 0 Å². The molecular formula is C5H7ClN4OS. The van der Waals surface area contributed by atoms with Crippen LogP contribution in [0.1, 0.15) is 0 Å². The average molecular weight is 207 g/mol. The van der Waals surface area contributed by atoms with E-state index in [4.69, 9.17) is 17.3 Å². The maximum absolute atomic E-state index is 10.5. The van der Waals surface area contributed by atoms with Crippen LogP contribution >= 0.6 is 23.3 Å². The molecule has 12 heavy (non-hydrogen) atoms. The Morgan fingerprint density at radius 2 is 2.42 bits per heavy atom. The summed E-state index contributed by atoms with van der Waals surface area (Å²) in [6.07, 6.45) is 0. The Morgan fingerprint density at radius 1 is 1.75 bits per heavy atom. The van der Waals surface area contributed by atoms with Gasteiger partial charge in [0.2, 0.25) is 5.91 Å². The number of carbonyl (C=O) groups excluding carboxylic acids is 1. The molecule has 0 saturated carbocycles. The van der Waals surface area contributed by atoms with Crippen molar-refractivity contribution < 1.29 is 4.79 Å². The third-order valence-electron chi connectivity index (χ3n) is 1.19. The van der Waals surface area contributed by atoms with Crippen molar-refractivity contribution in [2.75, 3.05) is 18.5 Å². The van der Waals surface area contributed by atoms with Crippen LogP contribution < -0.4 is 10.6 Å². The molecule has 0 aromatic carbocycles. The van der Waals surface area contributed by atoms with Gasteiger partial charge in [-0.3, -0.25) is 4.79 Å². The monoisotopic (exact) mass is 206 g/mol. The second kappa shape index (κ2) is 3.68. The van der Waals surface area contributed by atoms with E-state index >= 15 is 0 Å². The van der Waals surface area contributed by atoms with E-state index in [9.17, 15) is 4.79 Å². The highest BCUT2D eigenvalue weighted by Gasteiger charge is 2.11. The SMILES string of the molecule is CN(CC(N)=O)c1nsnc1Cl. The Labute approximate surface area is 78.5 Å². The lowest BCUT2D eigenvalue weighted by Gasteiger charge is -2.12. The smallest absolute Gasteiger partial charge is 0.236 e. The molecule has 7 heteroatoms. The molecule has 0 aliphatic carbocycles. The van der Waals surface area contributed by atoms with E-state index in [0.717, 1.165) is 11.7 Å². The van der Waals surface area contributed by atoms with Gasteiger partial charge in [-0.25, -0.2) is 0 Å². The number of hydrogen-bond donors (Lipinski definition) is 1. The summed E-state index contributed by atoms with van der Waals surface area (Å²) in [5.74, 6) is 0.0574. The van der Waals surface area contributed by atoms with Gasteiger partial charge in [-0.1, -0.05) is 11.6 Å². The number of hydrogen-bond acceptors (Lipinski definition) is 5. The van der Waals surface area contributed by atoms with Crippen LogP contribution in [0.3, 0.4) is 0 Å². The summed E-state index contributed by atoms with van der Waals surface area (Å²) in [4.78, 5) is 12.1. The van der Waals surface area contributed by atoms with Crippen LogP contribution in [0.4, 0.5) is 5.82 Å². The lowest BCUT2D eigenvalue weighted by Crippen LogP contribution is -2.30. The van der Waals surface area contributed by atoms with E-state index in [0.29, 0.717) is 11.0 Å². The summed E-state index contributed by atoms with van der Waals surface area (Å²) >= 11 is 6.66. The van der Waals surface area contributed by atoms with Crippen molar-refractivity contribution in [2.24, 2.45) is 5.73 Å². The summed E-state index contributed by atoms with van der Waals surface area (Å²) < 4.78 is 7.63. The van der Waals surface area contributed by atoms with Crippen LogP contribution in [-0.2, 0) is 4.79 Å². The van der Waals surface area contributed by atoms with Crippen LogP contribution in [0.2, 0.25) is 5.15 Å². The Kier molecular flexibility index (Phi) is 2.83. The number of nitrogens with two attached hydrogens (primary N) is 1. The first-order valence-electron chi connectivity index (χ1n) is 3.08. The molecule has 0 spiro atoms. The van der Waals surface area contributed by atoms with Crippen LogP contribution in [0.25, 0.3) is 0 Å². The van der Waals surface area contributed by atoms with Crippen molar-refractivity contribution in [3.8, 4) is 0 Å². The largest absolute Gasteiger partial charge is 0.368 e. The number of likely N-dealkylation sites (N-methyl/N-ethyl adjacent to an activating group) is 1. The van der Waals surface area contributed by atoms with Gasteiger partial charge in [-0.2, -0.15) is 8.75 Å². The minimum atomic E-state index is -0.429. The molecule has 0 fully saturated rings. The highest BCUT2D eigenvalue weighted by molar-refractivity contribution is 6.99. The van der Waals surface area contributed by atoms with Gasteiger partial charge in [0.05, 0.1) is 18.3 Å². The normalized spacial score (nSPS) is 9.83. The van der Waals surface area contributed by atoms with Crippen LogP contribution in [0.5, 0.6) is 0 Å². The molecule has 0 radical (unpaired) electrons. The molecule has 0 aliphatic rings. The first-order chi connectivity index (χ1) is 5.61. The maximum atomic E-state index is 10.5. The first kappa shape index (κ1) is 9.21. The van der Waals surface area contributed by atoms with Crippen molar-refractivity contribution in [3.05, 3.63) is 5.15 Å². The Hall–Kier alpha value is -0.880. The van der Waals surface area contributed by atoms with Crippen molar-refractivity contribution in [1.82, 2.24) is 8.75 Å². The minimum Gasteiger partial charge on any atom is -0.368 e. The molecule has 1 amide bonds. The van der Waals surface area contributed by atoms with E-state index < -0.39 is 5.91 Å². The molecular weight excluding hydrogens is 200 g/mol. The number of carbonyl (C=O) groups is 1. The second-order valence-corrected chi connectivity index (χ2v) is 3.09. The zero-order chi connectivity index (χ0) is 9.14. The minimum absolute atomic E-state index is 0.0884. The van der Waals surface area contributed by atoms with E-state index in [1.165, 1.54) is 0 Å². The standard InChI is InChI=1S/C5H7ClN4OS/c1-10(2-3(7)11)5-4(6)8-12-9-5/h2H2,1H3,(H2,7,11). The molecule has 1 aromatic rings. The summed E-state index contributed by atoms with van der Waals surface area (Å²) in [5, 5.41) is 0.295. The molecule has 1 rings (SSSR count). The van der Waals surface area contributed by atoms with E-state index in [2.05, 4.69) is 8.75 Å². The Balaban J connectivity index is 2.71. The Morgan fingerprint density at radius 3 is 2.83 bits per heavy atom. The number of anilines is 1. The number of primary amides is 1. The fourth-order valence-corrected chi connectivity index (χ4v) is 1.54. The molecule has 2 N–H and O–H groups in total. The first-order valence-corrected chi connectivity index (χ1v) is 4.19. The van der Waals surface area contributed by atoms with Crippen molar-refractivity contribution >= 4 is 35.1 Å². The third kappa shape index (κ3) is 2.05. The number of nitrogens with zero attached hydrogens (tertiary/aromatic N) is 3. The third-order valence-corrected chi connectivity index (χ3v) is 2.06. The number of halogens is 1. The van der Waals surface area contributed by atoms with Crippen LogP contribution in [-0.4, -0.2) is 28.2 Å². The van der Waals surface area contributed by atoms with Crippen molar-refractivity contribution in [3.63, 3.8) is 0 Å². The van der Waals surface area contributed by atoms with Gasteiger partial charge in [0, 0.05) is 7.05 Å². The summed E-state index contributed by atoms with van der Waals surface area (Å²) in [6, 6.07) is 0. The van der Waals surface area contributed by atoms with Gasteiger partial charge in [-0.15, -0.1) is 0 Å². The van der Waals surface area contributed by atoms with Crippen LogP contribution in [0.15, 0.2) is 0 Å². The fourth-order valence-electron chi connectivity index (χ4n) is 0.709. The predicted octanol–water partition coefficient (Wildman–Crippen LogP) is 0.113. The van der Waals surface area contributed by atoms with Gasteiger partial charge in [0.15, 0.2) is 11.0 Å². The maximum Gasteiger partial charge on any atom is 0.236 e. The highest BCUT2D eigenvalue weighted by Crippen LogP contribution is 2.20. The second-order valence-electron chi connectivity index (χ2n) is 2.20. The predicted molar refractivity (Wildman–Crippen MR) is 47.4 cm³/mol. The van der Waals surface area contributed by atoms with Crippen LogP contribution in [0, 0.1) is 0 Å². The molecule has 1 heterocycles. The molecule has 0 aliphatic heterocycles. The van der Waals surface area contributed by atoms with E-state index in [-0.39, 0.29) is 6.54 Å². The average Bonchev–Trinajstić information content (AvgIpc) is 2.33. The number of amides is 1. The van der Waals surface area contributed by atoms with Crippen molar-refractivity contribution in [2.45, 2.75) is 0 Å². The highest BCUT2D eigenvalue weighted by atomic mass is 35.5. The molecule has 0 bridgehead atoms. The topological polar surface area (TPSA) is 72.1 Å². The van der Waals surface area contributed by atoms with E-state index in [1.54, 1.807) is 11.9 Å². The quantitative estimate of drug-likeness (QED) is 0.762. The van der Waals surface area contributed by atoms with Gasteiger partial charge < -0.3 is 10.6 Å². The Bertz CT molecular complexity index is 289. The summed E-state index contributed by atoms with van der Waals surface area (Å²) in [6.45, 7) is 0.0884. The van der Waals surface area contributed by atoms with Gasteiger partial charge in [-0.05, 0) is 0 Å². The zero-order valence-electron chi connectivity index (χ0n) is 6.32. The zero-order valence-corrected chi connectivity index (χ0v) is 7.89. The molecule has 5 nitrogen and oxygen atoms in total. The number of aromatic nitrogens is 2. The molecule has 0 unspecified atom stereocenters. The van der Waals surface area contributed by atoms with Gasteiger partial charge in [0.25, 0.3) is 0 Å². The van der Waals surface area contributed by atoms with Gasteiger partial charge in [0.1, 0.15) is 0 Å². The van der Waals surface area contributed by atoms with E-state index in [1.807, 2.05) is 0 Å². The molecule has 66 valence electrons. The fraction of sp³-hybridized carbons (Fsp3) is 0.400. The lowest BCUT2D eigenvalue weighted by atomic mass is 10.5. The molecule has 0 saturated heterocycles. The lowest BCUT2D eigenvalue weighted by molar-refractivity contribution is -0.116. The van der Waals surface area contributed by atoms with Gasteiger partial charge >= 0.3 is 0 Å². The summed E-state index contributed by atoms with van der Waals surface area (Å²) in [5.41, 5.74) is 4.98. The molecule has 1 aromatic heterocycles.